The molecule has 0 aromatic carbocycles. The van der Waals surface area contributed by atoms with Crippen molar-refractivity contribution in [1.82, 2.24) is 0 Å². The van der Waals surface area contributed by atoms with Gasteiger partial charge in [-0.3, -0.25) is 4.57 Å². The molecule has 0 aromatic rings. The SMILES string of the molecule is CCCCCCCCCCCCCCCS(=O)(=O)CCSCCCP(=O)(O)O. The molecule has 0 heterocycles. The molecule has 0 spiro atoms. The summed E-state index contributed by atoms with van der Waals surface area (Å²) in [5.74, 6) is 1.56. The Morgan fingerprint density at radius 3 is 1.61 bits per heavy atom. The molecule has 28 heavy (non-hydrogen) atoms. The van der Waals surface area contributed by atoms with Crippen molar-refractivity contribution in [3.05, 3.63) is 0 Å². The molecular weight excluding hydrogens is 415 g/mol. The molecule has 0 fully saturated rings. The number of hydrogen-bond acceptors (Lipinski definition) is 4. The molecule has 0 rings (SSSR count). The van der Waals surface area contributed by atoms with Crippen LogP contribution in [0.2, 0.25) is 0 Å². The lowest BCUT2D eigenvalue weighted by Gasteiger charge is -2.06. The third kappa shape index (κ3) is 22.7. The van der Waals surface area contributed by atoms with E-state index < -0.39 is 17.4 Å². The molecule has 170 valence electrons. The zero-order valence-corrected chi connectivity index (χ0v) is 20.3. The van der Waals surface area contributed by atoms with Crippen molar-refractivity contribution >= 4 is 29.2 Å². The van der Waals surface area contributed by atoms with Crippen LogP contribution in [0.1, 0.15) is 96.8 Å². The number of sulfone groups is 1. The second kappa shape index (κ2) is 18.2. The van der Waals surface area contributed by atoms with Gasteiger partial charge >= 0.3 is 7.60 Å². The predicted molar refractivity (Wildman–Crippen MR) is 123 cm³/mol. The maximum Gasteiger partial charge on any atom is 0.325 e. The minimum absolute atomic E-state index is 0.119. The van der Waals surface area contributed by atoms with Gasteiger partial charge in [0, 0.05) is 5.75 Å². The Hall–Kier alpha value is 0.450. The van der Waals surface area contributed by atoms with Crippen LogP contribution in [-0.2, 0) is 14.4 Å². The van der Waals surface area contributed by atoms with Crippen LogP contribution in [0.25, 0.3) is 0 Å². The summed E-state index contributed by atoms with van der Waals surface area (Å²) in [5.41, 5.74) is 0. The maximum absolute atomic E-state index is 12.0. The van der Waals surface area contributed by atoms with Crippen LogP contribution < -0.4 is 0 Å². The van der Waals surface area contributed by atoms with Gasteiger partial charge in [-0.05, 0) is 18.6 Å². The minimum Gasteiger partial charge on any atom is -0.324 e. The van der Waals surface area contributed by atoms with E-state index in [0.29, 0.717) is 17.9 Å². The van der Waals surface area contributed by atoms with Crippen LogP contribution in [0.3, 0.4) is 0 Å². The number of thioether (sulfide) groups is 1. The smallest absolute Gasteiger partial charge is 0.324 e. The Bertz CT molecular complexity index is 491. The molecule has 0 bridgehead atoms. The van der Waals surface area contributed by atoms with Crippen LogP contribution in [-0.4, -0.2) is 47.4 Å². The number of unbranched alkanes of at least 4 members (excludes halogenated alkanes) is 12. The highest BCUT2D eigenvalue weighted by atomic mass is 32.2. The molecular formula is C20H43O5PS2. The first-order valence-corrected chi connectivity index (χ1v) is 15.9. The quantitative estimate of drug-likeness (QED) is 0.167. The van der Waals surface area contributed by atoms with Crippen LogP contribution in [0.5, 0.6) is 0 Å². The molecule has 0 aliphatic rings. The molecule has 8 heteroatoms. The Morgan fingerprint density at radius 1 is 0.679 bits per heavy atom. The predicted octanol–water partition coefficient (Wildman–Crippen LogP) is 5.79. The molecule has 0 saturated heterocycles. The van der Waals surface area contributed by atoms with Crippen molar-refractivity contribution in [3.8, 4) is 0 Å². The molecule has 5 nitrogen and oxygen atoms in total. The van der Waals surface area contributed by atoms with E-state index in [0.717, 1.165) is 19.3 Å². The first kappa shape index (κ1) is 28.5. The van der Waals surface area contributed by atoms with Gasteiger partial charge in [0.1, 0.15) is 0 Å². The molecule has 0 aliphatic heterocycles. The van der Waals surface area contributed by atoms with Gasteiger partial charge in [-0.2, -0.15) is 11.8 Å². The summed E-state index contributed by atoms with van der Waals surface area (Å²) in [6.07, 6.45) is 16.5. The van der Waals surface area contributed by atoms with E-state index in [1.54, 1.807) is 0 Å². The first-order valence-electron chi connectivity index (χ1n) is 11.1. The van der Waals surface area contributed by atoms with Crippen molar-refractivity contribution < 1.29 is 22.8 Å². The Labute approximate surface area is 177 Å². The standard InChI is InChI=1S/C20H43O5PS2/c1-2-3-4-5-6-7-8-9-10-11-12-13-14-19-28(24,25)20-18-27-17-15-16-26(21,22)23/h2-20H2,1H3,(H2,21,22,23). The molecule has 0 atom stereocenters. The summed E-state index contributed by atoms with van der Waals surface area (Å²) in [5, 5.41) is 0. The summed E-state index contributed by atoms with van der Waals surface area (Å²) < 4.78 is 34.7. The van der Waals surface area contributed by atoms with E-state index >= 15 is 0 Å². The third-order valence-electron chi connectivity index (χ3n) is 4.84. The van der Waals surface area contributed by atoms with E-state index in [1.165, 1.54) is 76.0 Å². The summed E-state index contributed by atoms with van der Waals surface area (Å²) in [6.45, 7) is 2.25. The molecule has 0 amide bonds. The lowest BCUT2D eigenvalue weighted by atomic mass is 10.1. The van der Waals surface area contributed by atoms with Gasteiger partial charge in [0.25, 0.3) is 0 Å². The van der Waals surface area contributed by atoms with Gasteiger partial charge in [0.05, 0.1) is 17.7 Å². The van der Waals surface area contributed by atoms with Crippen LogP contribution in [0, 0.1) is 0 Å². The third-order valence-corrected chi connectivity index (χ3v) is 8.80. The zero-order valence-electron chi connectivity index (χ0n) is 17.8. The maximum atomic E-state index is 12.0. The van der Waals surface area contributed by atoms with E-state index in [1.807, 2.05) is 0 Å². The average molecular weight is 459 g/mol. The molecule has 2 N–H and O–H groups in total. The van der Waals surface area contributed by atoms with Crippen molar-refractivity contribution in [2.45, 2.75) is 96.8 Å². The van der Waals surface area contributed by atoms with Crippen molar-refractivity contribution in [2.24, 2.45) is 0 Å². The zero-order chi connectivity index (χ0) is 21.1. The van der Waals surface area contributed by atoms with Crippen molar-refractivity contribution in [1.29, 1.82) is 0 Å². The molecule has 0 saturated carbocycles. The highest BCUT2D eigenvalue weighted by molar-refractivity contribution is 8.00. The summed E-state index contributed by atoms with van der Waals surface area (Å²) in [4.78, 5) is 17.5. The van der Waals surface area contributed by atoms with Crippen LogP contribution in [0.15, 0.2) is 0 Å². The Kier molecular flexibility index (Phi) is 18.5. The van der Waals surface area contributed by atoms with Crippen molar-refractivity contribution in [2.75, 3.05) is 29.2 Å². The van der Waals surface area contributed by atoms with E-state index in [4.69, 9.17) is 9.79 Å². The largest absolute Gasteiger partial charge is 0.325 e. The van der Waals surface area contributed by atoms with Gasteiger partial charge in [0.2, 0.25) is 0 Å². The van der Waals surface area contributed by atoms with E-state index in [-0.39, 0.29) is 17.7 Å². The first-order chi connectivity index (χ1) is 13.3. The Balaban J connectivity index is 3.39. The molecule has 0 radical (unpaired) electrons. The fourth-order valence-corrected chi connectivity index (χ4v) is 6.77. The Morgan fingerprint density at radius 2 is 1.14 bits per heavy atom. The molecule has 0 aliphatic carbocycles. The lowest BCUT2D eigenvalue weighted by Crippen LogP contribution is -2.13. The van der Waals surface area contributed by atoms with Gasteiger partial charge in [-0.15, -0.1) is 0 Å². The number of rotatable bonds is 21. The molecule has 0 aromatic heterocycles. The van der Waals surface area contributed by atoms with Gasteiger partial charge in [-0.25, -0.2) is 8.42 Å². The van der Waals surface area contributed by atoms with E-state index in [2.05, 4.69) is 6.92 Å². The minimum atomic E-state index is -3.92. The van der Waals surface area contributed by atoms with Gasteiger partial charge in [0.15, 0.2) is 9.84 Å². The number of hydrogen-bond donors (Lipinski definition) is 2. The normalized spacial score (nSPS) is 12.5. The average Bonchev–Trinajstić information content (AvgIpc) is 2.61. The van der Waals surface area contributed by atoms with Gasteiger partial charge in [-0.1, -0.05) is 84.0 Å². The topological polar surface area (TPSA) is 91.7 Å². The summed E-state index contributed by atoms with van der Waals surface area (Å²) in [6, 6.07) is 0. The molecule has 0 unspecified atom stereocenters. The second-order valence-electron chi connectivity index (χ2n) is 7.75. The van der Waals surface area contributed by atoms with Crippen LogP contribution >= 0.6 is 19.4 Å². The van der Waals surface area contributed by atoms with Gasteiger partial charge < -0.3 is 9.79 Å². The monoisotopic (exact) mass is 458 g/mol. The van der Waals surface area contributed by atoms with Crippen molar-refractivity contribution in [3.63, 3.8) is 0 Å². The summed E-state index contributed by atoms with van der Waals surface area (Å²) >= 11 is 1.46. The second-order valence-corrected chi connectivity index (χ2v) is 13.1. The lowest BCUT2D eigenvalue weighted by molar-refractivity contribution is 0.372. The summed E-state index contributed by atoms with van der Waals surface area (Å²) in [7, 11) is -6.90. The highest BCUT2D eigenvalue weighted by Gasteiger charge is 2.13. The van der Waals surface area contributed by atoms with E-state index in [9.17, 15) is 13.0 Å². The fraction of sp³-hybridized carbons (Fsp3) is 1.00. The van der Waals surface area contributed by atoms with Crippen LogP contribution in [0.4, 0.5) is 0 Å². The highest BCUT2D eigenvalue weighted by Crippen LogP contribution is 2.35. The fourth-order valence-electron chi connectivity index (χ4n) is 3.10.